The molecule has 1 aromatic heterocycles. The minimum absolute atomic E-state index is 0.251. The maximum absolute atomic E-state index is 13.3. The Morgan fingerprint density at radius 1 is 0.960 bits per heavy atom. The Morgan fingerprint density at radius 3 is 2.24 bits per heavy atom. The molecule has 0 fully saturated rings. The first-order chi connectivity index (χ1) is 11.9. The molecule has 0 spiro atoms. The smallest absolute Gasteiger partial charge is 0.175 e. The van der Waals surface area contributed by atoms with Crippen molar-refractivity contribution in [1.82, 2.24) is 4.57 Å². The van der Waals surface area contributed by atoms with Gasteiger partial charge in [-0.3, -0.25) is 0 Å². The van der Waals surface area contributed by atoms with Gasteiger partial charge < -0.3 is 4.57 Å². The lowest BCUT2D eigenvalue weighted by Gasteiger charge is -2.08. The molecule has 3 nitrogen and oxygen atoms in total. The third-order valence-electron chi connectivity index (χ3n) is 4.73. The molecule has 1 aliphatic rings. The quantitative estimate of drug-likeness (QED) is 0.702. The summed E-state index contributed by atoms with van der Waals surface area (Å²) >= 11 is 0. The van der Waals surface area contributed by atoms with E-state index in [9.17, 15) is 12.8 Å². The van der Waals surface area contributed by atoms with Crippen LogP contribution < -0.4 is 0 Å². The molecule has 0 N–H and O–H groups in total. The number of nitrogens with zero attached hydrogens (tertiary/aromatic N) is 1. The summed E-state index contributed by atoms with van der Waals surface area (Å²) in [5, 5.41) is 0. The van der Waals surface area contributed by atoms with Gasteiger partial charge in [0, 0.05) is 35.8 Å². The van der Waals surface area contributed by atoms with Crippen molar-refractivity contribution in [3.8, 4) is 22.3 Å². The molecular formula is C20H18FNO2S. The van der Waals surface area contributed by atoms with Crippen LogP contribution in [0.15, 0.2) is 59.6 Å². The number of sulfone groups is 1. The second kappa shape index (κ2) is 5.85. The molecule has 0 unspecified atom stereocenters. The van der Waals surface area contributed by atoms with E-state index in [0.29, 0.717) is 4.90 Å². The van der Waals surface area contributed by atoms with Crippen LogP contribution in [0.25, 0.3) is 22.3 Å². The third kappa shape index (κ3) is 2.89. The van der Waals surface area contributed by atoms with Gasteiger partial charge in [-0.25, -0.2) is 12.8 Å². The molecule has 5 heteroatoms. The predicted octanol–water partition coefficient (Wildman–Crippen LogP) is 4.31. The number of hydrogen-bond acceptors (Lipinski definition) is 2. The highest BCUT2D eigenvalue weighted by Gasteiger charge is 2.22. The number of aromatic nitrogens is 1. The van der Waals surface area contributed by atoms with Gasteiger partial charge in [0.2, 0.25) is 0 Å². The van der Waals surface area contributed by atoms with E-state index in [2.05, 4.69) is 10.8 Å². The number of hydrogen-bond donors (Lipinski definition) is 0. The zero-order valence-electron chi connectivity index (χ0n) is 13.9. The molecule has 0 aliphatic carbocycles. The molecule has 0 saturated carbocycles. The lowest BCUT2D eigenvalue weighted by Crippen LogP contribution is -1.96. The molecule has 0 bridgehead atoms. The SMILES string of the molecule is CS(=O)(=O)c1ccc(-c2cn3c(c2-c2ccc(F)cc2)CCC3)cc1. The van der Waals surface area contributed by atoms with Crippen molar-refractivity contribution in [3.05, 3.63) is 66.2 Å². The van der Waals surface area contributed by atoms with Gasteiger partial charge in [0.25, 0.3) is 0 Å². The van der Waals surface area contributed by atoms with Crippen LogP contribution in [0, 0.1) is 5.82 Å². The van der Waals surface area contributed by atoms with Crippen molar-refractivity contribution in [3.63, 3.8) is 0 Å². The van der Waals surface area contributed by atoms with Crippen LogP contribution in [0.3, 0.4) is 0 Å². The van der Waals surface area contributed by atoms with E-state index in [1.165, 1.54) is 24.1 Å². The Labute approximate surface area is 146 Å². The summed E-state index contributed by atoms with van der Waals surface area (Å²) in [5.41, 5.74) is 5.38. The van der Waals surface area contributed by atoms with Gasteiger partial charge in [-0.2, -0.15) is 0 Å². The molecule has 25 heavy (non-hydrogen) atoms. The summed E-state index contributed by atoms with van der Waals surface area (Å²) in [6.45, 7) is 0.977. The van der Waals surface area contributed by atoms with Gasteiger partial charge in [0.15, 0.2) is 9.84 Å². The van der Waals surface area contributed by atoms with Gasteiger partial charge in [0.05, 0.1) is 4.90 Å². The Morgan fingerprint density at radius 2 is 1.60 bits per heavy atom. The molecule has 128 valence electrons. The van der Waals surface area contributed by atoms with Crippen LogP contribution >= 0.6 is 0 Å². The second-order valence-electron chi connectivity index (χ2n) is 6.46. The lowest BCUT2D eigenvalue weighted by atomic mass is 9.96. The van der Waals surface area contributed by atoms with E-state index in [1.54, 1.807) is 24.3 Å². The van der Waals surface area contributed by atoms with E-state index in [4.69, 9.17) is 0 Å². The molecule has 0 amide bonds. The number of benzene rings is 2. The highest BCUT2D eigenvalue weighted by Crippen LogP contribution is 2.39. The van der Waals surface area contributed by atoms with Gasteiger partial charge in [-0.1, -0.05) is 24.3 Å². The Kier molecular flexibility index (Phi) is 3.76. The van der Waals surface area contributed by atoms with Gasteiger partial charge in [-0.05, 0) is 48.2 Å². The molecule has 4 rings (SSSR count). The summed E-state index contributed by atoms with van der Waals surface area (Å²) in [5.74, 6) is -0.251. The zero-order chi connectivity index (χ0) is 17.6. The average Bonchev–Trinajstić information content (AvgIpc) is 3.16. The van der Waals surface area contributed by atoms with Gasteiger partial charge in [0.1, 0.15) is 5.82 Å². The van der Waals surface area contributed by atoms with Crippen LogP contribution in [0.1, 0.15) is 12.1 Å². The van der Waals surface area contributed by atoms with Crippen LogP contribution in [0.2, 0.25) is 0 Å². The van der Waals surface area contributed by atoms with Crippen molar-refractivity contribution >= 4 is 9.84 Å². The Bertz CT molecular complexity index is 1030. The summed E-state index contributed by atoms with van der Waals surface area (Å²) in [4.78, 5) is 0.311. The largest absolute Gasteiger partial charge is 0.350 e. The Hall–Kier alpha value is -2.40. The van der Waals surface area contributed by atoms with Crippen molar-refractivity contribution in [1.29, 1.82) is 0 Å². The fourth-order valence-electron chi connectivity index (χ4n) is 3.52. The van der Waals surface area contributed by atoms with Crippen LogP contribution in [0.4, 0.5) is 4.39 Å². The molecule has 2 heterocycles. The Balaban J connectivity index is 1.87. The number of halogens is 1. The van der Waals surface area contributed by atoms with E-state index >= 15 is 0 Å². The van der Waals surface area contributed by atoms with Crippen LogP contribution in [-0.2, 0) is 22.8 Å². The first-order valence-electron chi connectivity index (χ1n) is 8.22. The maximum atomic E-state index is 13.3. The summed E-state index contributed by atoms with van der Waals surface area (Å²) in [6, 6.07) is 13.5. The molecule has 3 aromatic rings. The monoisotopic (exact) mass is 355 g/mol. The third-order valence-corrected chi connectivity index (χ3v) is 5.86. The van der Waals surface area contributed by atoms with E-state index in [-0.39, 0.29) is 5.82 Å². The zero-order valence-corrected chi connectivity index (χ0v) is 14.7. The van der Waals surface area contributed by atoms with E-state index in [0.717, 1.165) is 41.6 Å². The average molecular weight is 355 g/mol. The number of aryl methyl sites for hydroxylation is 1. The maximum Gasteiger partial charge on any atom is 0.175 e. The second-order valence-corrected chi connectivity index (χ2v) is 8.48. The molecule has 2 aromatic carbocycles. The molecule has 0 atom stereocenters. The van der Waals surface area contributed by atoms with Gasteiger partial charge in [-0.15, -0.1) is 0 Å². The minimum Gasteiger partial charge on any atom is -0.350 e. The van der Waals surface area contributed by atoms with E-state index < -0.39 is 9.84 Å². The summed E-state index contributed by atoms with van der Waals surface area (Å²) in [7, 11) is -3.21. The van der Waals surface area contributed by atoms with Crippen LogP contribution in [-0.4, -0.2) is 19.2 Å². The molecule has 0 radical (unpaired) electrons. The molecule has 1 aliphatic heterocycles. The van der Waals surface area contributed by atoms with Crippen LogP contribution in [0.5, 0.6) is 0 Å². The first kappa shape index (κ1) is 16.1. The number of rotatable bonds is 3. The van der Waals surface area contributed by atoms with Crippen molar-refractivity contribution in [2.45, 2.75) is 24.3 Å². The molecule has 0 saturated heterocycles. The van der Waals surface area contributed by atoms with E-state index in [1.807, 2.05) is 12.1 Å². The van der Waals surface area contributed by atoms with Gasteiger partial charge >= 0.3 is 0 Å². The fraction of sp³-hybridized carbons (Fsp3) is 0.200. The summed E-state index contributed by atoms with van der Waals surface area (Å²) < 4.78 is 38.9. The standard InChI is InChI=1S/C20H18FNO2S/c1-25(23,24)17-10-6-14(7-11-17)18-13-22-12-2-3-19(22)20(18)15-4-8-16(21)9-5-15/h4-11,13H,2-3,12H2,1H3. The number of fused-ring (bicyclic) bond motifs is 1. The molecular weight excluding hydrogens is 337 g/mol. The normalized spacial score (nSPS) is 13.8. The highest BCUT2D eigenvalue weighted by molar-refractivity contribution is 7.90. The first-order valence-corrected chi connectivity index (χ1v) is 10.1. The fourth-order valence-corrected chi connectivity index (χ4v) is 4.15. The topological polar surface area (TPSA) is 39.1 Å². The highest BCUT2D eigenvalue weighted by atomic mass is 32.2. The van der Waals surface area contributed by atoms with Crippen molar-refractivity contribution in [2.75, 3.05) is 6.26 Å². The lowest BCUT2D eigenvalue weighted by molar-refractivity contribution is 0.602. The van der Waals surface area contributed by atoms with Crippen molar-refractivity contribution in [2.24, 2.45) is 0 Å². The summed E-state index contributed by atoms with van der Waals surface area (Å²) in [6.07, 6.45) is 5.43. The predicted molar refractivity (Wildman–Crippen MR) is 96.7 cm³/mol. The minimum atomic E-state index is -3.21. The van der Waals surface area contributed by atoms with Crippen molar-refractivity contribution < 1.29 is 12.8 Å².